The molecule has 0 aliphatic heterocycles. The molecule has 0 bridgehead atoms. The molecule has 0 saturated heterocycles. The van der Waals surface area contributed by atoms with Gasteiger partial charge in [0.05, 0.1) is 38.8 Å². The van der Waals surface area contributed by atoms with E-state index in [2.05, 4.69) is 155 Å². The molecule has 0 aliphatic rings. The highest BCUT2D eigenvalue weighted by Gasteiger charge is 2.26. The Labute approximate surface area is 290 Å². The van der Waals surface area contributed by atoms with E-state index in [9.17, 15) is 0 Å². The molecule has 5 aromatic carbocycles. The maximum absolute atomic E-state index is 5.01. The third-order valence-electron chi connectivity index (χ3n) is 9.83. The lowest BCUT2D eigenvalue weighted by molar-refractivity contribution is 1.09. The summed E-state index contributed by atoms with van der Waals surface area (Å²) < 4.78 is 7.16. The minimum absolute atomic E-state index is 0.529. The summed E-state index contributed by atoms with van der Waals surface area (Å²) in [6.07, 6.45) is 6.97. The van der Waals surface area contributed by atoms with Gasteiger partial charge in [0.1, 0.15) is 11.4 Å². The summed E-state index contributed by atoms with van der Waals surface area (Å²) >= 11 is 0. The van der Waals surface area contributed by atoms with Gasteiger partial charge in [-0.25, -0.2) is 24.9 Å². The number of rotatable bonds is 5. The van der Waals surface area contributed by atoms with Gasteiger partial charge in [0.25, 0.3) is 0 Å². The van der Waals surface area contributed by atoms with E-state index in [0.29, 0.717) is 23.0 Å². The number of benzene rings is 5. The largest absolute Gasteiger partial charge is 0.309 e. The normalized spacial score (nSPS) is 11.9. The summed E-state index contributed by atoms with van der Waals surface area (Å²) in [4.78, 5) is 23.4. The smallest absolute Gasteiger partial charge is 0.178 e. The van der Waals surface area contributed by atoms with Gasteiger partial charge in [-0.15, -0.1) is 0 Å². The molecule has 11 aromatic rings. The SMILES string of the molecule is c1ccc(-n2c3ccc4c5c3c3c2cccc3n(-c2cc(-c3ncccn3)nc(-c3ncccn3)c2)c2cccc(c52)n4-c2ccccc2)cc1. The highest BCUT2D eigenvalue weighted by atomic mass is 15.0. The van der Waals surface area contributed by atoms with Gasteiger partial charge in [0.15, 0.2) is 11.6 Å². The van der Waals surface area contributed by atoms with Crippen LogP contribution >= 0.6 is 0 Å². The number of para-hydroxylation sites is 2. The molecule has 0 N–H and O–H groups in total. The van der Waals surface area contributed by atoms with Crippen LogP contribution in [0, 0.1) is 0 Å². The summed E-state index contributed by atoms with van der Waals surface area (Å²) in [6.45, 7) is 0. The third-order valence-corrected chi connectivity index (χ3v) is 9.83. The first-order valence-electron chi connectivity index (χ1n) is 16.8. The maximum atomic E-state index is 5.01. The molecule has 0 spiro atoms. The van der Waals surface area contributed by atoms with E-state index in [4.69, 9.17) is 4.98 Å². The van der Waals surface area contributed by atoms with Gasteiger partial charge in [-0.2, -0.15) is 0 Å². The molecule has 238 valence electrons. The van der Waals surface area contributed by atoms with E-state index in [1.807, 2.05) is 12.1 Å². The maximum Gasteiger partial charge on any atom is 0.178 e. The molecule has 0 atom stereocenters. The zero-order chi connectivity index (χ0) is 33.5. The van der Waals surface area contributed by atoms with Crippen LogP contribution in [0.25, 0.3) is 94.7 Å². The van der Waals surface area contributed by atoms with Gasteiger partial charge in [0, 0.05) is 57.7 Å². The minimum atomic E-state index is 0.529. The van der Waals surface area contributed by atoms with Crippen molar-refractivity contribution < 1.29 is 0 Å². The molecule has 6 heterocycles. The predicted molar refractivity (Wildman–Crippen MR) is 203 cm³/mol. The van der Waals surface area contributed by atoms with Crippen molar-refractivity contribution in [1.29, 1.82) is 0 Å². The quantitative estimate of drug-likeness (QED) is 0.185. The van der Waals surface area contributed by atoms with Crippen LogP contribution in [-0.4, -0.2) is 38.6 Å². The van der Waals surface area contributed by atoms with Crippen LogP contribution in [0.4, 0.5) is 0 Å². The van der Waals surface area contributed by atoms with Crippen LogP contribution in [0.15, 0.2) is 158 Å². The zero-order valence-corrected chi connectivity index (χ0v) is 27.1. The topological polar surface area (TPSA) is 79.2 Å². The van der Waals surface area contributed by atoms with Crippen molar-refractivity contribution in [3.63, 3.8) is 0 Å². The Morgan fingerprint density at radius 3 is 1.10 bits per heavy atom. The standard InChI is InChI=1S/C43H26N8/c1-3-11-27(12-4-1)49-32-15-7-17-34-38(32)40-36(49)19-20-37-41(40)39-33(50(37)28-13-5-2-6-14-28)16-8-18-35(39)51(34)29-25-30(42-44-21-9-22-45-42)48-31(26-29)43-46-23-10-24-47-43/h1-26H. The molecule has 0 saturated carbocycles. The first-order valence-corrected chi connectivity index (χ1v) is 16.8. The third kappa shape index (κ3) is 3.98. The first-order chi connectivity index (χ1) is 25.3. The van der Waals surface area contributed by atoms with Gasteiger partial charge in [-0.05, 0) is 84.9 Å². The summed E-state index contributed by atoms with van der Waals surface area (Å²) in [5.74, 6) is 1.06. The molecule has 0 fully saturated rings. The Hall–Kier alpha value is -7.19. The van der Waals surface area contributed by atoms with Crippen molar-refractivity contribution in [3.05, 3.63) is 158 Å². The second-order valence-corrected chi connectivity index (χ2v) is 12.6. The van der Waals surface area contributed by atoms with Crippen molar-refractivity contribution in [2.75, 3.05) is 0 Å². The lowest BCUT2D eigenvalue weighted by atomic mass is 10.1. The Morgan fingerprint density at radius 1 is 0.314 bits per heavy atom. The zero-order valence-electron chi connectivity index (χ0n) is 27.1. The average molecular weight is 655 g/mol. The Bertz CT molecular complexity index is 2850. The van der Waals surface area contributed by atoms with Gasteiger partial charge in [-0.3, -0.25) is 0 Å². The molecular formula is C43H26N8. The monoisotopic (exact) mass is 654 g/mol. The molecule has 6 aromatic heterocycles. The number of hydrogen-bond acceptors (Lipinski definition) is 5. The van der Waals surface area contributed by atoms with Gasteiger partial charge >= 0.3 is 0 Å². The second kappa shape index (κ2) is 10.7. The van der Waals surface area contributed by atoms with E-state index >= 15 is 0 Å². The molecule has 0 amide bonds. The van der Waals surface area contributed by atoms with Crippen LogP contribution in [-0.2, 0) is 0 Å². The molecule has 8 heteroatoms. The fraction of sp³-hybridized carbons (Fsp3) is 0. The molecule has 0 aliphatic carbocycles. The molecular weight excluding hydrogens is 629 g/mol. The Morgan fingerprint density at radius 2 is 0.686 bits per heavy atom. The number of pyridine rings is 1. The summed E-state index contributed by atoms with van der Waals surface area (Å²) in [6, 6.07) is 46.8. The van der Waals surface area contributed by atoms with E-state index in [1.165, 1.54) is 21.5 Å². The molecule has 8 nitrogen and oxygen atoms in total. The van der Waals surface area contributed by atoms with Gasteiger partial charge in [-0.1, -0.05) is 48.5 Å². The molecule has 51 heavy (non-hydrogen) atoms. The lowest BCUT2D eigenvalue weighted by Gasteiger charge is -2.15. The van der Waals surface area contributed by atoms with Gasteiger partial charge < -0.3 is 13.7 Å². The van der Waals surface area contributed by atoms with Crippen LogP contribution in [0.2, 0.25) is 0 Å². The number of nitrogens with zero attached hydrogens (tertiary/aromatic N) is 8. The van der Waals surface area contributed by atoms with Gasteiger partial charge in [0.2, 0.25) is 0 Å². The molecule has 0 radical (unpaired) electrons. The Kier molecular flexibility index (Phi) is 5.79. The van der Waals surface area contributed by atoms with Crippen LogP contribution < -0.4 is 0 Å². The van der Waals surface area contributed by atoms with Crippen molar-refractivity contribution in [2.24, 2.45) is 0 Å². The highest BCUT2D eigenvalue weighted by Crippen LogP contribution is 2.47. The van der Waals surface area contributed by atoms with E-state index in [0.717, 1.165) is 50.2 Å². The average Bonchev–Trinajstić information content (AvgIpc) is 3.68. The van der Waals surface area contributed by atoms with Crippen LogP contribution in [0.1, 0.15) is 0 Å². The van der Waals surface area contributed by atoms with E-state index in [1.54, 1.807) is 24.8 Å². The van der Waals surface area contributed by atoms with Crippen LogP contribution in [0.5, 0.6) is 0 Å². The lowest BCUT2D eigenvalue weighted by Crippen LogP contribution is -2.03. The van der Waals surface area contributed by atoms with Crippen LogP contribution in [0.3, 0.4) is 0 Å². The fourth-order valence-electron chi connectivity index (χ4n) is 7.89. The highest BCUT2D eigenvalue weighted by molar-refractivity contribution is 6.35. The van der Waals surface area contributed by atoms with Crippen molar-refractivity contribution >= 4 is 54.6 Å². The van der Waals surface area contributed by atoms with Crippen molar-refractivity contribution in [1.82, 2.24) is 38.6 Å². The van der Waals surface area contributed by atoms with Crippen molar-refractivity contribution in [2.45, 2.75) is 0 Å². The summed E-state index contributed by atoms with van der Waals surface area (Å²) in [7, 11) is 0. The minimum Gasteiger partial charge on any atom is -0.309 e. The van der Waals surface area contributed by atoms with E-state index in [-0.39, 0.29) is 0 Å². The van der Waals surface area contributed by atoms with Crippen molar-refractivity contribution in [3.8, 4) is 40.1 Å². The Balaban J connectivity index is 1.38. The summed E-state index contributed by atoms with van der Waals surface area (Å²) in [5.41, 5.74) is 11.1. The van der Waals surface area contributed by atoms with E-state index < -0.39 is 0 Å². The molecule has 11 rings (SSSR count). The fourth-order valence-corrected chi connectivity index (χ4v) is 7.89. The summed E-state index contributed by atoms with van der Waals surface area (Å²) in [5, 5.41) is 4.81. The predicted octanol–water partition coefficient (Wildman–Crippen LogP) is 9.57. The first kappa shape index (κ1) is 27.7. The molecule has 0 unspecified atom stereocenters. The number of aromatic nitrogens is 8. The second-order valence-electron chi connectivity index (χ2n) is 12.6. The number of hydrogen-bond donors (Lipinski definition) is 0.